The summed E-state index contributed by atoms with van der Waals surface area (Å²) in [6.07, 6.45) is 2.85. The molecule has 6 unspecified atom stereocenters. The first-order valence-electron chi connectivity index (χ1n) is 14.9. The summed E-state index contributed by atoms with van der Waals surface area (Å²) in [6, 6.07) is 7.29. The van der Waals surface area contributed by atoms with E-state index in [1.54, 1.807) is 12.1 Å². The molecule has 1 N–H and O–H groups in total. The first kappa shape index (κ1) is 34.2. The number of aliphatic hydroxyl groups excluding tert-OH is 1. The van der Waals surface area contributed by atoms with Crippen molar-refractivity contribution in [1.29, 1.82) is 0 Å². The number of aliphatic hydroxyl groups is 1. The van der Waals surface area contributed by atoms with E-state index in [1.807, 2.05) is 39.0 Å². The van der Waals surface area contributed by atoms with Crippen molar-refractivity contribution in [3.05, 3.63) is 59.2 Å². The van der Waals surface area contributed by atoms with Crippen LogP contribution in [0, 0.1) is 23.7 Å². The minimum Gasteiger partial charge on any atom is -0.461 e. The van der Waals surface area contributed by atoms with Crippen LogP contribution in [-0.4, -0.2) is 53.1 Å². The van der Waals surface area contributed by atoms with Crippen LogP contribution >= 0.6 is 11.6 Å². The molecule has 43 heavy (non-hydrogen) atoms. The van der Waals surface area contributed by atoms with E-state index in [9.17, 15) is 24.3 Å². The molecule has 0 radical (unpaired) electrons. The molecule has 2 aliphatic rings. The maximum atomic E-state index is 13.2. The van der Waals surface area contributed by atoms with Gasteiger partial charge in [0.25, 0.3) is 0 Å². The molecule has 0 aliphatic heterocycles. The van der Waals surface area contributed by atoms with E-state index >= 15 is 0 Å². The zero-order chi connectivity index (χ0) is 31.5. The fourth-order valence-electron chi connectivity index (χ4n) is 5.54. The maximum absolute atomic E-state index is 13.2. The maximum Gasteiger partial charge on any atom is 0.308 e. The molecule has 1 saturated carbocycles. The molecule has 2 aliphatic carbocycles. The average molecular weight is 616 g/mol. The summed E-state index contributed by atoms with van der Waals surface area (Å²) < 4.78 is 10.9. The molecule has 1 aromatic carbocycles. The summed E-state index contributed by atoms with van der Waals surface area (Å²) in [4.78, 5) is 56.3. The monoisotopic (exact) mass is 615 g/mol. The highest BCUT2D eigenvalue weighted by atomic mass is 35.5. The minimum absolute atomic E-state index is 0.0312. The zero-order valence-electron chi connectivity index (χ0n) is 25.1. The Bertz CT molecular complexity index is 1240. The zero-order valence-corrected chi connectivity index (χ0v) is 25.9. The van der Waals surface area contributed by atoms with E-state index < -0.39 is 24.1 Å². The Morgan fingerprint density at radius 3 is 2.67 bits per heavy atom. The first-order valence-corrected chi connectivity index (χ1v) is 15.3. The van der Waals surface area contributed by atoms with Crippen LogP contribution in [0.1, 0.15) is 71.3 Å². The summed E-state index contributed by atoms with van der Waals surface area (Å²) >= 11 is 6.25. The number of esters is 2. The normalized spacial score (nSPS) is 23.9. The van der Waals surface area contributed by atoms with Gasteiger partial charge < -0.3 is 19.4 Å². The van der Waals surface area contributed by atoms with Gasteiger partial charge in [-0.25, -0.2) is 0 Å². The van der Waals surface area contributed by atoms with Gasteiger partial charge >= 0.3 is 11.9 Å². The Balaban J connectivity index is 1.78. The molecule has 0 saturated heterocycles. The molecule has 6 atom stereocenters. The second-order valence-electron chi connectivity index (χ2n) is 11.3. The number of nitrogens with zero attached hydrogens (tertiary/aromatic N) is 1. The molecule has 0 bridgehead atoms. The summed E-state index contributed by atoms with van der Waals surface area (Å²) in [7, 11) is 0. The standard InChI is InChI=1S/C33H42ClNO8/c1-5-15-41-31(39)17-24(37)16-23(36)11-12-25-21(4)29(38)18-26-28(35-42-19-22-9-7-8-10-27(22)34)13-14-30(32(25)26)43-33(40)20(3)6-2/h5,7-10,18,20-21,24-25,30,32,37H,1,6,11-17,19H2,2-4H3. The van der Waals surface area contributed by atoms with Gasteiger partial charge in [-0.05, 0) is 49.3 Å². The van der Waals surface area contributed by atoms with Crippen molar-refractivity contribution in [2.45, 2.75) is 84.5 Å². The Labute approximate surface area is 258 Å². The smallest absolute Gasteiger partial charge is 0.308 e. The van der Waals surface area contributed by atoms with Gasteiger partial charge in [-0.3, -0.25) is 19.2 Å². The highest BCUT2D eigenvalue weighted by molar-refractivity contribution is 6.31. The molecule has 0 aromatic heterocycles. The number of carbonyl (C=O) groups excluding carboxylic acids is 4. The van der Waals surface area contributed by atoms with Gasteiger partial charge in [0.1, 0.15) is 25.1 Å². The summed E-state index contributed by atoms with van der Waals surface area (Å²) in [6.45, 7) is 9.21. The predicted octanol–water partition coefficient (Wildman–Crippen LogP) is 5.56. The Kier molecular flexibility index (Phi) is 13.1. The SMILES string of the molecule is C=CCOC(=O)CC(O)CC(=O)CCC1C(C)C(=O)C=C2C(=NOCc3ccccc3Cl)CCC(OC(=O)C(C)CC)C21. The quantitative estimate of drug-likeness (QED) is 0.154. The van der Waals surface area contributed by atoms with Crippen molar-refractivity contribution in [3.8, 4) is 0 Å². The third kappa shape index (κ3) is 9.60. The van der Waals surface area contributed by atoms with Crippen LogP contribution in [0.5, 0.6) is 0 Å². The molecule has 234 valence electrons. The van der Waals surface area contributed by atoms with Crippen molar-refractivity contribution >= 4 is 40.8 Å². The van der Waals surface area contributed by atoms with Crippen LogP contribution < -0.4 is 0 Å². The highest BCUT2D eigenvalue weighted by Crippen LogP contribution is 2.44. The number of hydrogen-bond donors (Lipinski definition) is 1. The van der Waals surface area contributed by atoms with E-state index in [2.05, 4.69) is 11.7 Å². The Hall–Kier alpha value is -3.30. The Morgan fingerprint density at radius 1 is 1.23 bits per heavy atom. The van der Waals surface area contributed by atoms with Crippen LogP contribution in [0.25, 0.3) is 0 Å². The fraction of sp³-hybridized carbons (Fsp3) is 0.545. The van der Waals surface area contributed by atoms with Gasteiger partial charge in [0, 0.05) is 35.3 Å². The summed E-state index contributed by atoms with van der Waals surface area (Å²) in [5, 5.41) is 15.2. The van der Waals surface area contributed by atoms with Gasteiger partial charge in [0.15, 0.2) is 5.78 Å². The van der Waals surface area contributed by atoms with Gasteiger partial charge in [0.2, 0.25) is 0 Å². The van der Waals surface area contributed by atoms with Crippen molar-refractivity contribution in [1.82, 2.24) is 0 Å². The lowest BCUT2D eigenvalue weighted by Crippen LogP contribution is -2.46. The molecule has 0 heterocycles. The summed E-state index contributed by atoms with van der Waals surface area (Å²) in [5.74, 6) is -2.61. The lowest BCUT2D eigenvalue weighted by Gasteiger charge is -2.43. The number of fused-ring (bicyclic) bond motifs is 1. The molecule has 9 nitrogen and oxygen atoms in total. The second-order valence-corrected chi connectivity index (χ2v) is 11.7. The van der Waals surface area contributed by atoms with E-state index in [-0.39, 0.29) is 67.8 Å². The molecular formula is C33H42ClNO8. The van der Waals surface area contributed by atoms with E-state index in [1.165, 1.54) is 6.08 Å². The number of halogens is 1. The molecule has 0 amide bonds. The van der Waals surface area contributed by atoms with Gasteiger partial charge in [-0.1, -0.05) is 68.4 Å². The van der Waals surface area contributed by atoms with Gasteiger partial charge in [-0.2, -0.15) is 0 Å². The average Bonchev–Trinajstić information content (AvgIpc) is 2.97. The third-order valence-corrected chi connectivity index (χ3v) is 8.60. The molecule has 1 fully saturated rings. The summed E-state index contributed by atoms with van der Waals surface area (Å²) in [5.41, 5.74) is 2.05. The predicted molar refractivity (Wildman–Crippen MR) is 162 cm³/mol. The van der Waals surface area contributed by atoms with Gasteiger partial charge in [-0.15, -0.1) is 0 Å². The van der Waals surface area contributed by atoms with E-state index in [0.717, 1.165) is 5.56 Å². The number of oxime groups is 1. The number of rotatable bonds is 15. The first-order chi connectivity index (χ1) is 20.5. The van der Waals surface area contributed by atoms with Crippen LogP contribution in [0.3, 0.4) is 0 Å². The van der Waals surface area contributed by atoms with E-state index in [4.69, 9.17) is 25.9 Å². The number of hydrogen-bond acceptors (Lipinski definition) is 9. The molecule has 0 spiro atoms. The molecule has 1 aromatic rings. The van der Waals surface area contributed by atoms with Crippen molar-refractivity contribution < 1.29 is 38.6 Å². The number of ether oxygens (including phenoxy) is 2. The highest BCUT2D eigenvalue weighted by Gasteiger charge is 2.46. The van der Waals surface area contributed by atoms with Crippen LogP contribution in [0.15, 0.2) is 53.7 Å². The van der Waals surface area contributed by atoms with Crippen LogP contribution in [0.2, 0.25) is 5.02 Å². The number of ketones is 2. The minimum atomic E-state index is -1.17. The molecule has 10 heteroatoms. The lowest BCUT2D eigenvalue weighted by atomic mass is 9.63. The topological polar surface area (TPSA) is 129 Å². The lowest BCUT2D eigenvalue weighted by molar-refractivity contribution is -0.158. The Morgan fingerprint density at radius 2 is 1.98 bits per heavy atom. The van der Waals surface area contributed by atoms with E-state index in [0.29, 0.717) is 42.0 Å². The van der Waals surface area contributed by atoms with Crippen LogP contribution in [0.4, 0.5) is 0 Å². The number of allylic oxidation sites excluding steroid dienone is 1. The third-order valence-electron chi connectivity index (χ3n) is 8.23. The molecular weight excluding hydrogens is 574 g/mol. The number of carbonyl (C=O) groups is 4. The van der Waals surface area contributed by atoms with Gasteiger partial charge in [0.05, 0.1) is 24.2 Å². The second kappa shape index (κ2) is 16.5. The largest absolute Gasteiger partial charge is 0.461 e. The number of Topliss-reactive ketones (excluding diaryl/α,β-unsaturated/α-hetero) is 1. The molecule has 3 rings (SSSR count). The number of benzene rings is 1. The fourth-order valence-corrected chi connectivity index (χ4v) is 5.73. The van der Waals surface area contributed by atoms with Crippen molar-refractivity contribution in [3.63, 3.8) is 0 Å². The van der Waals surface area contributed by atoms with Crippen molar-refractivity contribution in [2.75, 3.05) is 6.61 Å². The van der Waals surface area contributed by atoms with Crippen molar-refractivity contribution in [2.24, 2.45) is 28.8 Å². The van der Waals surface area contributed by atoms with Crippen LogP contribution in [-0.2, 0) is 40.1 Å².